The van der Waals surface area contributed by atoms with Gasteiger partial charge in [0.15, 0.2) is 0 Å². The molecule has 0 bridgehead atoms. The van der Waals surface area contributed by atoms with E-state index in [0.29, 0.717) is 17.9 Å². The zero-order chi connectivity index (χ0) is 15.6. The summed E-state index contributed by atoms with van der Waals surface area (Å²) in [5.74, 6) is -0.754. The van der Waals surface area contributed by atoms with Gasteiger partial charge in [-0.05, 0) is 65.5 Å². The molecule has 20 heavy (non-hydrogen) atoms. The maximum Gasteiger partial charge on any atom is 0.323 e. The summed E-state index contributed by atoms with van der Waals surface area (Å²) in [6.45, 7) is 14.7. The second kappa shape index (κ2) is 6.44. The number of likely N-dealkylation sites (tertiary alicyclic amines) is 1. The van der Waals surface area contributed by atoms with Crippen molar-refractivity contribution in [3.05, 3.63) is 0 Å². The molecule has 0 spiro atoms. The molecule has 0 saturated carbocycles. The second-order valence-electron chi connectivity index (χ2n) is 7.69. The zero-order valence-electron chi connectivity index (χ0n) is 14.0. The average Bonchev–Trinajstić information content (AvgIpc) is 2.26. The van der Waals surface area contributed by atoms with E-state index in [1.807, 2.05) is 13.8 Å². The van der Waals surface area contributed by atoms with Crippen LogP contribution < -0.4 is 5.32 Å². The molecular formula is C16H32N2O2. The van der Waals surface area contributed by atoms with Gasteiger partial charge in [-0.25, -0.2) is 0 Å². The third-order valence-corrected chi connectivity index (χ3v) is 4.56. The standard InChI is InChI=1S/C16H32N2O2/c1-12(2)17-16(6,14(19)20)11-13(3)18-9-7-15(4,5)8-10-18/h12-13,17H,7-11H2,1-6H3,(H,19,20). The summed E-state index contributed by atoms with van der Waals surface area (Å²) < 4.78 is 0. The van der Waals surface area contributed by atoms with Crippen molar-refractivity contribution in [3.63, 3.8) is 0 Å². The molecule has 1 rings (SSSR count). The maximum absolute atomic E-state index is 11.6. The summed E-state index contributed by atoms with van der Waals surface area (Å²) in [4.78, 5) is 14.0. The van der Waals surface area contributed by atoms with E-state index in [0.717, 1.165) is 13.1 Å². The van der Waals surface area contributed by atoms with Crippen molar-refractivity contribution < 1.29 is 9.90 Å². The van der Waals surface area contributed by atoms with E-state index in [2.05, 4.69) is 31.0 Å². The van der Waals surface area contributed by atoms with Crippen LogP contribution in [0.4, 0.5) is 0 Å². The lowest BCUT2D eigenvalue weighted by atomic mass is 9.81. The number of hydrogen-bond acceptors (Lipinski definition) is 3. The molecule has 0 aliphatic carbocycles. The van der Waals surface area contributed by atoms with E-state index < -0.39 is 11.5 Å². The van der Waals surface area contributed by atoms with Crippen LogP contribution in [0, 0.1) is 5.41 Å². The molecule has 118 valence electrons. The fourth-order valence-electron chi connectivity index (χ4n) is 3.14. The summed E-state index contributed by atoms with van der Waals surface area (Å²) >= 11 is 0. The average molecular weight is 284 g/mol. The first-order chi connectivity index (χ1) is 9.06. The topological polar surface area (TPSA) is 52.6 Å². The Morgan fingerprint density at radius 1 is 1.30 bits per heavy atom. The smallest absolute Gasteiger partial charge is 0.323 e. The van der Waals surface area contributed by atoms with Crippen LogP contribution in [-0.4, -0.2) is 46.7 Å². The van der Waals surface area contributed by atoms with Crippen LogP contribution in [0.3, 0.4) is 0 Å². The first-order valence-electron chi connectivity index (χ1n) is 7.81. The highest BCUT2D eigenvalue weighted by molar-refractivity contribution is 5.78. The quantitative estimate of drug-likeness (QED) is 0.787. The van der Waals surface area contributed by atoms with Crippen LogP contribution in [0.15, 0.2) is 0 Å². The minimum Gasteiger partial charge on any atom is -0.480 e. The monoisotopic (exact) mass is 284 g/mol. The number of aliphatic carboxylic acids is 1. The Morgan fingerprint density at radius 2 is 1.80 bits per heavy atom. The molecule has 1 aliphatic heterocycles. The molecule has 0 aromatic heterocycles. The van der Waals surface area contributed by atoms with Gasteiger partial charge < -0.3 is 10.0 Å². The third kappa shape index (κ3) is 4.74. The number of carboxylic acid groups (broad SMARTS) is 1. The first-order valence-corrected chi connectivity index (χ1v) is 7.81. The van der Waals surface area contributed by atoms with Gasteiger partial charge in [-0.2, -0.15) is 0 Å². The minimum atomic E-state index is -0.847. The Hall–Kier alpha value is -0.610. The molecule has 2 unspecified atom stereocenters. The van der Waals surface area contributed by atoms with Crippen molar-refractivity contribution in [2.24, 2.45) is 5.41 Å². The normalized spacial score (nSPS) is 24.4. The van der Waals surface area contributed by atoms with E-state index in [-0.39, 0.29) is 6.04 Å². The predicted molar refractivity (Wildman–Crippen MR) is 83.0 cm³/mol. The molecule has 0 amide bonds. The van der Waals surface area contributed by atoms with E-state index >= 15 is 0 Å². The van der Waals surface area contributed by atoms with E-state index in [4.69, 9.17) is 0 Å². The molecule has 1 fully saturated rings. The summed E-state index contributed by atoms with van der Waals surface area (Å²) in [6.07, 6.45) is 3.03. The first kappa shape index (κ1) is 17.4. The highest BCUT2D eigenvalue weighted by atomic mass is 16.4. The Bertz CT molecular complexity index is 331. The third-order valence-electron chi connectivity index (χ3n) is 4.56. The second-order valence-corrected chi connectivity index (χ2v) is 7.69. The molecule has 0 aromatic rings. The fourth-order valence-corrected chi connectivity index (χ4v) is 3.14. The minimum absolute atomic E-state index is 0.170. The van der Waals surface area contributed by atoms with Crippen molar-refractivity contribution in [2.75, 3.05) is 13.1 Å². The van der Waals surface area contributed by atoms with E-state index in [1.54, 1.807) is 6.92 Å². The number of piperidine rings is 1. The number of carboxylic acids is 1. The van der Waals surface area contributed by atoms with Gasteiger partial charge in [0.2, 0.25) is 0 Å². The number of nitrogens with zero attached hydrogens (tertiary/aromatic N) is 1. The Balaban J connectivity index is 2.63. The van der Waals surface area contributed by atoms with Crippen LogP contribution >= 0.6 is 0 Å². The van der Waals surface area contributed by atoms with E-state index in [9.17, 15) is 9.90 Å². The molecule has 1 aliphatic rings. The molecular weight excluding hydrogens is 252 g/mol. The lowest BCUT2D eigenvalue weighted by molar-refractivity contribution is -0.145. The SMILES string of the molecule is CC(C)NC(C)(CC(C)N1CCC(C)(C)CC1)C(=O)O. The lowest BCUT2D eigenvalue weighted by Gasteiger charge is -2.42. The van der Waals surface area contributed by atoms with Crippen molar-refractivity contribution in [1.29, 1.82) is 0 Å². The number of carbonyl (C=O) groups is 1. The lowest BCUT2D eigenvalue weighted by Crippen LogP contribution is -2.56. The summed E-state index contributed by atoms with van der Waals surface area (Å²) in [7, 11) is 0. The van der Waals surface area contributed by atoms with Crippen molar-refractivity contribution in [3.8, 4) is 0 Å². The highest BCUT2D eigenvalue weighted by Crippen LogP contribution is 2.31. The van der Waals surface area contributed by atoms with E-state index in [1.165, 1.54) is 12.8 Å². The van der Waals surface area contributed by atoms with Gasteiger partial charge in [0.25, 0.3) is 0 Å². The van der Waals surface area contributed by atoms with Crippen molar-refractivity contribution >= 4 is 5.97 Å². The number of nitrogens with one attached hydrogen (secondary N) is 1. The number of hydrogen-bond donors (Lipinski definition) is 2. The van der Waals surface area contributed by atoms with Gasteiger partial charge in [0.05, 0.1) is 0 Å². The molecule has 2 atom stereocenters. The number of rotatable bonds is 6. The molecule has 1 heterocycles. The van der Waals surface area contributed by atoms with Crippen LogP contribution in [-0.2, 0) is 4.79 Å². The predicted octanol–water partition coefficient (Wildman–Crippen LogP) is 2.73. The van der Waals surface area contributed by atoms with Crippen LogP contribution in [0.5, 0.6) is 0 Å². The Labute approximate surface area is 123 Å². The van der Waals surface area contributed by atoms with Crippen molar-refractivity contribution in [2.45, 2.75) is 78.4 Å². The van der Waals surface area contributed by atoms with Gasteiger partial charge in [0, 0.05) is 12.1 Å². The van der Waals surface area contributed by atoms with Gasteiger partial charge in [0.1, 0.15) is 5.54 Å². The molecule has 4 heteroatoms. The zero-order valence-corrected chi connectivity index (χ0v) is 14.0. The van der Waals surface area contributed by atoms with Crippen molar-refractivity contribution in [1.82, 2.24) is 10.2 Å². The van der Waals surface area contributed by atoms with Crippen LogP contribution in [0.1, 0.15) is 60.8 Å². The Morgan fingerprint density at radius 3 is 2.20 bits per heavy atom. The van der Waals surface area contributed by atoms with Gasteiger partial charge in [-0.3, -0.25) is 10.1 Å². The Kier molecular flexibility index (Phi) is 5.61. The fraction of sp³-hybridized carbons (Fsp3) is 0.938. The summed E-state index contributed by atoms with van der Waals surface area (Å²) in [5.41, 5.74) is -0.414. The maximum atomic E-state index is 11.6. The molecule has 0 aromatic carbocycles. The van der Waals surface area contributed by atoms with Crippen LogP contribution in [0.2, 0.25) is 0 Å². The van der Waals surface area contributed by atoms with Gasteiger partial charge in [-0.15, -0.1) is 0 Å². The summed E-state index contributed by atoms with van der Waals surface area (Å²) in [5, 5.41) is 12.7. The van der Waals surface area contributed by atoms with Gasteiger partial charge in [-0.1, -0.05) is 13.8 Å². The molecule has 1 saturated heterocycles. The summed E-state index contributed by atoms with van der Waals surface area (Å²) in [6, 6.07) is 0.460. The molecule has 0 radical (unpaired) electrons. The largest absolute Gasteiger partial charge is 0.480 e. The molecule has 4 nitrogen and oxygen atoms in total. The molecule has 2 N–H and O–H groups in total. The van der Waals surface area contributed by atoms with Crippen LogP contribution in [0.25, 0.3) is 0 Å². The van der Waals surface area contributed by atoms with Gasteiger partial charge >= 0.3 is 5.97 Å². The highest BCUT2D eigenvalue weighted by Gasteiger charge is 2.37.